The maximum atomic E-state index is 4.58. The molecule has 5 heteroatoms. The molecule has 1 aromatic heterocycles. The van der Waals surface area contributed by atoms with Crippen LogP contribution in [0, 0.1) is 6.92 Å². The fraction of sp³-hybridized carbons (Fsp3) is 0.375. The van der Waals surface area contributed by atoms with Crippen LogP contribution in [0.15, 0.2) is 34.8 Å². The average molecular weight is 347 g/mol. The Morgan fingerprint density at radius 2 is 1.90 bits per heavy atom. The van der Waals surface area contributed by atoms with Crippen molar-refractivity contribution in [3.05, 3.63) is 40.5 Å². The minimum Gasteiger partial charge on any atom is -0.367 e. The van der Waals surface area contributed by atoms with Crippen molar-refractivity contribution in [2.45, 2.75) is 38.6 Å². The van der Waals surface area contributed by atoms with Gasteiger partial charge in [0.25, 0.3) is 0 Å². The highest BCUT2D eigenvalue weighted by Gasteiger charge is 2.15. The molecule has 1 aliphatic carbocycles. The molecule has 1 heterocycles. The summed E-state index contributed by atoms with van der Waals surface area (Å²) < 4.78 is 1.00. The molecule has 1 saturated carbocycles. The number of halogens is 1. The van der Waals surface area contributed by atoms with Crippen LogP contribution in [-0.4, -0.2) is 16.0 Å². The largest absolute Gasteiger partial charge is 0.367 e. The molecule has 0 unspecified atom stereocenters. The number of nitrogens with one attached hydrogen (secondary N) is 2. The molecular weight excluding hydrogens is 328 g/mol. The van der Waals surface area contributed by atoms with Gasteiger partial charge in [-0.1, -0.05) is 25.0 Å². The van der Waals surface area contributed by atoms with Crippen LogP contribution in [-0.2, 0) is 0 Å². The summed E-state index contributed by atoms with van der Waals surface area (Å²) in [6.45, 7) is 1.99. The van der Waals surface area contributed by atoms with Gasteiger partial charge in [0.05, 0.1) is 5.69 Å². The lowest BCUT2D eigenvalue weighted by Crippen LogP contribution is -2.16. The van der Waals surface area contributed by atoms with Crippen LogP contribution in [0.3, 0.4) is 0 Å². The number of aromatic nitrogens is 2. The van der Waals surface area contributed by atoms with E-state index in [2.05, 4.69) is 36.5 Å². The van der Waals surface area contributed by atoms with Gasteiger partial charge in [-0.3, -0.25) is 0 Å². The Kier molecular flexibility index (Phi) is 4.39. The number of hydrogen-bond donors (Lipinski definition) is 2. The Balaban J connectivity index is 1.79. The smallest absolute Gasteiger partial charge is 0.229 e. The zero-order valence-corrected chi connectivity index (χ0v) is 13.7. The van der Waals surface area contributed by atoms with E-state index in [1.165, 1.54) is 25.7 Å². The Morgan fingerprint density at radius 3 is 2.67 bits per heavy atom. The summed E-state index contributed by atoms with van der Waals surface area (Å²) in [5.41, 5.74) is 1.93. The summed E-state index contributed by atoms with van der Waals surface area (Å²) in [4.78, 5) is 9.04. The predicted octanol–water partition coefficient (Wildman–Crippen LogP) is 4.65. The maximum absolute atomic E-state index is 4.58. The fourth-order valence-electron chi connectivity index (χ4n) is 2.66. The van der Waals surface area contributed by atoms with Crippen molar-refractivity contribution in [2.75, 3.05) is 10.6 Å². The third-order valence-electron chi connectivity index (χ3n) is 3.68. The SMILES string of the molecule is Cc1cc(NC2CCCC2)nc(Nc2ccccc2Br)n1. The quantitative estimate of drug-likeness (QED) is 0.846. The van der Waals surface area contributed by atoms with Crippen LogP contribution >= 0.6 is 15.9 Å². The summed E-state index contributed by atoms with van der Waals surface area (Å²) in [5.74, 6) is 1.53. The van der Waals surface area contributed by atoms with Crippen molar-refractivity contribution in [2.24, 2.45) is 0 Å². The lowest BCUT2D eigenvalue weighted by atomic mass is 10.2. The number of rotatable bonds is 4. The van der Waals surface area contributed by atoms with Crippen LogP contribution < -0.4 is 10.6 Å². The van der Waals surface area contributed by atoms with Gasteiger partial charge >= 0.3 is 0 Å². The Labute approximate surface area is 133 Å². The molecule has 0 spiro atoms. The van der Waals surface area contributed by atoms with Crippen molar-refractivity contribution in [1.29, 1.82) is 0 Å². The van der Waals surface area contributed by atoms with Gasteiger partial charge in [0.1, 0.15) is 5.82 Å². The summed E-state index contributed by atoms with van der Waals surface area (Å²) in [5, 5.41) is 6.79. The molecule has 21 heavy (non-hydrogen) atoms. The topological polar surface area (TPSA) is 49.8 Å². The van der Waals surface area contributed by atoms with Crippen LogP contribution in [0.5, 0.6) is 0 Å². The lowest BCUT2D eigenvalue weighted by molar-refractivity contribution is 0.749. The van der Waals surface area contributed by atoms with Gasteiger partial charge in [-0.2, -0.15) is 4.98 Å². The Morgan fingerprint density at radius 1 is 1.14 bits per heavy atom. The van der Waals surface area contributed by atoms with Crippen LogP contribution in [0.2, 0.25) is 0 Å². The second kappa shape index (κ2) is 6.43. The second-order valence-electron chi connectivity index (χ2n) is 5.45. The minimum absolute atomic E-state index is 0.551. The number of aryl methyl sites for hydroxylation is 1. The summed E-state index contributed by atoms with van der Waals surface area (Å²) in [6.07, 6.45) is 5.08. The van der Waals surface area contributed by atoms with E-state index < -0.39 is 0 Å². The molecule has 1 aromatic carbocycles. The Hall–Kier alpha value is -1.62. The normalized spacial score (nSPS) is 15.1. The van der Waals surface area contributed by atoms with Crippen molar-refractivity contribution >= 4 is 33.4 Å². The molecule has 0 amide bonds. The van der Waals surface area contributed by atoms with Gasteiger partial charge in [0.2, 0.25) is 5.95 Å². The van der Waals surface area contributed by atoms with E-state index in [9.17, 15) is 0 Å². The van der Waals surface area contributed by atoms with E-state index in [0.29, 0.717) is 12.0 Å². The van der Waals surface area contributed by atoms with Gasteiger partial charge in [-0.05, 0) is 47.8 Å². The molecule has 110 valence electrons. The van der Waals surface area contributed by atoms with Crippen LogP contribution in [0.1, 0.15) is 31.4 Å². The van der Waals surface area contributed by atoms with E-state index in [4.69, 9.17) is 0 Å². The highest BCUT2D eigenvalue weighted by atomic mass is 79.9. The molecule has 0 bridgehead atoms. The Bertz CT molecular complexity index is 623. The number of hydrogen-bond acceptors (Lipinski definition) is 4. The first-order valence-electron chi connectivity index (χ1n) is 7.34. The van der Waals surface area contributed by atoms with E-state index >= 15 is 0 Å². The molecule has 2 N–H and O–H groups in total. The average Bonchev–Trinajstić information content (AvgIpc) is 2.93. The molecule has 4 nitrogen and oxygen atoms in total. The van der Waals surface area contributed by atoms with Gasteiger partial charge in [-0.25, -0.2) is 4.98 Å². The first kappa shape index (κ1) is 14.3. The number of nitrogens with zero attached hydrogens (tertiary/aromatic N) is 2. The predicted molar refractivity (Wildman–Crippen MR) is 90.1 cm³/mol. The fourth-order valence-corrected chi connectivity index (χ4v) is 3.04. The number of anilines is 3. The monoisotopic (exact) mass is 346 g/mol. The molecule has 0 saturated heterocycles. The molecule has 1 aliphatic rings. The van der Waals surface area contributed by atoms with Gasteiger partial charge in [0.15, 0.2) is 0 Å². The zero-order valence-electron chi connectivity index (χ0n) is 12.1. The van der Waals surface area contributed by atoms with E-state index in [1.54, 1.807) is 0 Å². The molecule has 0 aliphatic heterocycles. The highest BCUT2D eigenvalue weighted by molar-refractivity contribution is 9.10. The molecule has 0 atom stereocenters. The second-order valence-corrected chi connectivity index (χ2v) is 6.30. The number of para-hydroxylation sites is 1. The van der Waals surface area contributed by atoms with Gasteiger partial charge < -0.3 is 10.6 Å². The summed E-state index contributed by atoms with van der Waals surface area (Å²) in [6, 6.07) is 10.5. The lowest BCUT2D eigenvalue weighted by Gasteiger charge is -2.14. The van der Waals surface area contributed by atoms with Crippen molar-refractivity contribution in [1.82, 2.24) is 9.97 Å². The number of benzene rings is 1. The van der Waals surface area contributed by atoms with Gasteiger partial charge in [0, 0.05) is 22.3 Å². The van der Waals surface area contributed by atoms with Crippen molar-refractivity contribution in [3.63, 3.8) is 0 Å². The molecule has 1 fully saturated rings. The van der Waals surface area contributed by atoms with Crippen molar-refractivity contribution < 1.29 is 0 Å². The zero-order chi connectivity index (χ0) is 14.7. The molecule has 0 radical (unpaired) electrons. The third kappa shape index (κ3) is 3.73. The third-order valence-corrected chi connectivity index (χ3v) is 4.37. The highest BCUT2D eigenvalue weighted by Crippen LogP contribution is 2.25. The minimum atomic E-state index is 0.551. The molecular formula is C16H19BrN4. The van der Waals surface area contributed by atoms with Crippen LogP contribution in [0.4, 0.5) is 17.5 Å². The maximum Gasteiger partial charge on any atom is 0.229 e. The van der Waals surface area contributed by atoms with E-state index in [1.807, 2.05) is 37.3 Å². The molecule has 3 rings (SSSR count). The molecule has 2 aromatic rings. The van der Waals surface area contributed by atoms with Crippen LogP contribution in [0.25, 0.3) is 0 Å². The first-order chi connectivity index (χ1) is 10.2. The van der Waals surface area contributed by atoms with Gasteiger partial charge in [-0.15, -0.1) is 0 Å². The summed E-state index contributed by atoms with van der Waals surface area (Å²) >= 11 is 3.53. The first-order valence-corrected chi connectivity index (χ1v) is 8.14. The van der Waals surface area contributed by atoms with Crippen molar-refractivity contribution in [3.8, 4) is 0 Å². The standard InChI is InChI=1S/C16H19BrN4/c1-11-10-15(19-12-6-2-3-7-12)21-16(18-11)20-14-9-5-4-8-13(14)17/h4-5,8-10,12H,2-3,6-7H2,1H3,(H2,18,19,20,21). The summed E-state index contributed by atoms with van der Waals surface area (Å²) in [7, 11) is 0. The van der Waals surface area contributed by atoms with E-state index in [-0.39, 0.29) is 0 Å². The van der Waals surface area contributed by atoms with E-state index in [0.717, 1.165) is 21.7 Å².